The molecule has 1 aromatic rings. The maximum Gasteiger partial charge on any atom is 0.253 e. The van der Waals surface area contributed by atoms with Crippen LogP contribution in [0.3, 0.4) is 0 Å². The average Bonchev–Trinajstić information content (AvgIpc) is 2.26. The Balaban J connectivity index is 2.74. The first-order valence-electron chi connectivity index (χ1n) is 5.52. The van der Waals surface area contributed by atoms with E-state index in [4.69, 9.17) is 16.2 Å². The summed E-state index contributed by atoms with van der Waals surface area (Å²) in [5.41, 5.74) is 12.5. The summed E-state index contributed by atoms with van der Waals surface area (Å²) < 4.78 is 4.80. The van der Waals surface area contributed by atoms with Gasteiger partial charge in [0.25, 0.3) is 5.91 Å². The van der Waals surface area contributed by atoms with Gasteiger partial charge in [0.15, 0.2) is 0 Å². The van der Waals surface area contributed by atoms with Gasteiger partial charge in [0.2, 0.25) is 0 Å². The molecular weight excluding hydrogens is 234 g/mol. The van der Waals surface area contributed by atoms with Gasteiger partial charge in [-0.3, -0.25) is 4.79 Å². The Kier molecular flexibility index (Phi) is 4.94. The number of rotatable bonds is 5. The summed E-state index contributed by atoms with van der Waals surface area (Å²) in [6, 6.07) is 4.69. The summed E-state index contributed by atoms with van der Waals surface area (Å²) in [6.45, 7) is 0.359. The van der Waals surface area contributed by atoms with E-state index in [9.17, 15) is 9.90 Å². The van der Waals surface area contributed by atoms with Gasteiger partial charge in [-0.05, 0) is 18.2 Å². The Morgan fingerprint density at radius 1 is 1.39 bits per heavy atom. The first-order valence-corrected chi connectivity index (χ1v) is 5.52. The molecule has 0 aliphatic heterocycles. The Morgan fingerprint density at radius 3 is 2.44 bits per heavy atom. The smallest absolute Gasteiger partial charge is 0.253 e. The number of hydrogen-bond acceptors (Lipinski definition) is 5. The fraction of sp³-hybridized carbons (Fsp3) is 0.417. The van der Waals surface area contributed by atoms with Crippen LogP contribution in [0.1, 0.15) is 10.4 Å². The van der Waals surface area contributed by atoms with Gasteiger partial charge < -0.3 is 26.2 Å². The second-order valence-electron chi connectivity index (χ2n) is 4.18. The van der Waals surface area contributed by atoms with Gasteiger partial charge in [0, 0.05) is 37.6 Å². The lowest BCUT2D eigenvalue weighted by molar-refractivity contribution is 0.0380. The molecule has 0 saturated carbocycles. The molecule has 0 fully saturated rings. The van der Waals surface area contributed by atoms with Crippen molar-refractivity contribution in [1.82, 2.24) is 4.90 Å². The minimum Gasteiger partial charge on any atom is -0.399 e. The van der Waals surface area contributed by atoms with Crippen LogP contribution in [0.15, 0.2) is 18.2 Å². The third-order valence-electron chi connectivity index (χ3n) is 2.41. The summed E-state index contributed by atoms with van der Waals surface area (Å²) >= 11 is 0. The molecular formula is C12H19N3O3. The highest BCUT2D eigenvalue weighted by molar-refractivity contribution is 5.96. The molecule has 0 spiro atoms. The standard InChI is InChI=1S/C12H19N3O3/c1-15(6-11(16)7-18-2)12(17)8-3-9(13)5-10(14)4-8/h3-5,11,16H,6-7,13-14H2,1-2H3. The van der Waals surface area contributed by atoms with Crippen molar-refractivity contribution >= 4 is 17.3 Å². The number of nitrogens with zero attached hydrogens (tertiary/aromatic N) is 1. The van der Waals surface area contributed by atoms with E-state index >= 15 is 0 Å². The van der Waals surface area contributed by atoms with Gasteiger partial charge in [0.05, 0.1) is 12.7 Å². The van der Waals surface area contributed by atoms with Gasteiger partial charge in [-0.1, -0.05) is 0 Å². The van der Waals surface area contributed by atoms with E-state index in [-0.39, 0.29) is 19.1 Å². The molecule has 100 valence electrons. The van der Waals surface area contributed by atoms with Crippen LogP contribution in [-0.4, -0.2) is 49.3 Å². The number of benzene rings is 1. The zero-order chi connectivity index (χ0) is 13.7. The van der Waals surface area contributed by atoms with Crippen molar-refractivity contribution in [3.8, 4) is 0 Å². The topological polar surface area (TPSA) is 102 Å². The highest BCUT2D eigenvalue weighted by Gasteiger charge is 2.16. The molecule has 0 heterocycles. The molecule has 0 radical (unpaired) electrons. The fourth-order valence-corrected chi connectivity index (χ4v) is 1.66. The molecule has 5 N–H and O–H groups in total. The third kappa shape index (κ3) is 3.90. The molecule has 1 atom stereocenters. The van der Waals surface area contributed by atoms with E-state index in [1.807, 2.05) is 0 Å². The number of amides is 1. The molecule has 0 bridgehead atoms. The maximum absolute atomic E-state index is 12.1. The number of likely N-dealkylation sites (N-methyl/N-ethyl adjacent to an activating group) is 1. The molecule has 18 heavy (non-hydrogen) atoms. The molecule has 6 heteroatoms. The van der Waals surface area contributed by atoms with E-state index < -0.39 is 6.10 Å². The first-order chi connectivity index (χ1) is 8.43. The lowest BCUT2D eigenvalue weighted by Crippen LogP contribution is -2.36. The van der Waals surface area contributed by atoms with Crippen LogP contribution in [0.4, 0.5) is 11.4 Å². The normalized spacial score (nSPS) is 12.2. The van der Waals surface area contributed by atoms with Crippen molar-refractivity contribution in [2.45, 2.75) is 6.10 Å². The van der Waals surface area contributed by atoms with E-state index in [0.717, 1.165) is 0 Å². The highest BCUT2D eigenvalue weighted by Crippen LogP contribution is 2.15. The van der Waals surface area contributed by atoms with Gasteiger partial charge in [0.1, 0.15) is 0 Å². The second kappa shape index (κ2) is 6.23. The van der Waals surface area contributed by atoms with E-state index in [1.54, 1.807) is 25.2 Å². The zero-order valence-corrected chi connectivity index (χ0v) is 10.6. The molecule has 1 aromatic carbocycles. The van der Waals surface area contributed by atoms with E-state index in [2.05, 4.69) is 0 Å². The minimum atomic E-state index is -0.720. The summed E-state index contributed by atoms with van der Waals surface area (Å²) in [4.78, 5) is 13.5. The summed E-state index contributed by atoms with van der Waals surface area (Å²) in [6.07, 6.45) is -0.720. The Hall–Kier alpha value is -1.79. The molecule has 0 aliphatic rings. The van der Waals surface area contributed by atoms with Crippen molar-refractivity contribution in [1.29, 1.82) is 0 Å². The second-order valence-corrected chi connectivity index (χ2v) is 4.18. The third-order valence-corrected chi connectivity index (χ3v) is 2.41. The number of nitrogens with two attached hydrogens (primary N) is 2. The number of anilines is 2. The molecule has 6 nitrogen and oxygen atoms in total. The predicted octanol–water partition coefficient (Wildman–Crippen LogP) is -0.0697. The lowest BCUT2D eigenvalue weighted by atomic mass is 10.1. The first kappa shape index (κ1) is 14.3. The Morgan fingerprint density at radius 2 is 1.94 bits per heavy atom. The number of carbonyl (C=O) groups is 1. The fourth-order valence-electron chi connectivity index (χ4n) is 1.66. The van der Waals surface area contributed by atoms with Crippen molar-refractivity contribution < 1.29 is 14.6 Å². The average molecular weight is 253 g/mol. The van der Waals surface area contributed by atoms with Crippen LogP contribution in [0.2, 0.25) is 0 Å². The predicted molar refractivity (Wildman–Crippen MR) is 70.1 cm³/mol. The van der Waals surface area contributed by atoms with E-state index in [1.165, 1.54) is 12.0 Å². The number of hydrogen-bond donors (Lipinski definition) is 3. The van der Waals surface area contributed by atoms with Crippen LogP contribution in [0.25, 0.3) is 0 Å². The highest BCUT2D eigenvalue weighted by atomic mass is 16.5. The number of ether oxygens (including phenoxy) is 1. The SMILES string of the molecule is COCC(O)CN(C)C(=O)c1cc(N)cc(N)c1. The number of aliphatic hydroxyl groups is 1. The quantitative estimate of drug-likeness (QED) is 0.638. The minimum absolute atomic E-state index is 0.177. The Bertz CT molecular complexity index is 403. The number of carbonyl (C=O) groups excluding carboxylic acids is 1. The van der Waals surface area contributed by atoms with Gasteiger partial charge >= 0.3 is 0 Å². The Labute approximate surface area is 106 Å². The number of aliphatic hydroxyl groups excluding tert-OH is 1. The van der Waals surface area contributed by atoms with Crippen LogP contribution in [0, 0.1) is 0 Å². The van der Waals surface area contributed by atoms with Crippen molar-refractivity contribution in [2.75, 3.05) is 38.8 Å². The molecule has 0 aromatic heterocycles. The summed E-state index contributed by atoms with van der Waals surface area (Å²) in [7, 11) is 3.09. The molecule has 0 aliphatic carbocycles. The summed E-state index contributed by atoms with van der Waals surface area (Å²) in [5.74, 6) is -0.246. The van der Waals surface area contributed by atoms with Gasteiger partial charge in [-0.25, -0.2) is 0 Å². The van der Waals surface area contributed by atoms with Crippen molar-refractivity contribution in [3.63, 3.8) is 0 Å². The molecule has 1 amide bonds. The maximum atomic E-state index is 12.1. The van der Waals surface area contributed by atoms with E-state index in [0.29, 0.717) is 16.9 Å². The monoisotopic (exact) mass is 253 g/mol. The van der Waals surface area contributed by atoms with Gasteiger partial charge in [-0.2, -0.15) is 0 Å². The van der Waals surface area contributed by atoms with Crippen molar-refractivity contribution in [3.05, 3.63) is 23.8 Å². The molecule has 1 unspecified atom stereocenters. The van der Waals surface area contributed by atoms with Crippen LogP contribution >= 0.6 is 0 Å². The van der Waals surface area contributed by atoms with Crippen LogP contribution in [0.5, 0.6) is 0 Å². The number of nitrogen functional groups attached to an aromatic ring is 2. The van der Waals surface area contributed by atoms with Crippen molar-refractivity contribution in [2.24, 2.45) is 0 Å². The van der Waals surface area contributed by atoms with Crippen LogP contribution in [-0.2, 0) is 4.74 Å². The molecule has 1 rings (SSSR count). The number of methoxy groups -OCH3 is 1. The zero-order valence-electron chi connectivity index (χ0n) is 10.6. The van der Waals surface area contributed by atoms with Gasteiger partial charge in [-0.15, -0.1) is 0 Å². The largest absolute Gasteiger partial charge is 0.399 e. The molecule has 0 saturated heterocycles. The van der Waals surface area contributed by atoms with Crippen LogP contribution < -0.4 is 11.5 Å². The lowest BCUT2D eigenvalue weighted by Gasteiger charge is -2.20. The summed E-state index contributed by atoms with van der Waals surface area (Å²) in [5, 5.41) is 9.56.